The Hall–Kier alpha value is -2.83. The third kappa shape index (κ3) is 1.90. The molecule has 0 radical (unpaired) electrons. The number of nitrogens with zero attached hydrogens (tertiary/aromatic N) is 2. The summed E-state index contributed by atoms with van der Waals surface area (Å²) in [5.41, 5.74) is 0.589. The van der Waals surface area contributed by atoms with Gasteiger partial charge in [0.25, 0.3) is 5.69 Å². The zero-order chi connectivity index (χ0) is 13.4. The van der Waals surface area contributed by atoms with E-state index in [1.165, 1.54) is 12.3 Å². The van der Waals surface area contributed by atoms with Gasteiger partial charge in [0.2, 0.25) is 0 Å². The van der Waals surface area contributed by atoms with Gasteiger partial charge in [-0.2, -0.15) is 0 Å². The Bertz CT molecular complexity index is 672. The number of aromatic nitrogens is 1. The van der Waals surface area contributed by atoms with Crippen molar-refractivity contribution in [3.63, 3.8) is 0 Å². The maximum absolute atomic E-state index is 10.7. The molecule has 0 unspecified atom stereocenters. The largest absolute Gasteiger partial charge is 0.497 e. The van der Waals surface area contributed by atoms with Gasteiger partial charge in [0.15, 0.2) is 17.3 Å². The second kappa shape index (κ2) is 4.13. The smallest absolute Gasteiger partial charge is 0.291 e. The van der Waals surface area contributed by atoms with Gasteiger partial charge in [0.1, 0.15) is 11.9 Å². The van der Waals surface area contributed by atoms with E-state index < -0.39 is 4.92 Å². The molecule has 0 bridgehead atoms. The molecule has 96 valence electrons. The molecular formula is C12H9N3O4. The summed E-state index contributed by atoms with van der Waals surface area (Å²) < 4.78 is 10.7. The van der Waals surface area contributed by atoms with Crippen LogP contribution in [0.2, 0.25) is 0 Å². The number of hydrogen-bond donors (Lipinski definition) is 1. The molecule has 1 N–H and O–H groups in total. The van der Waals surface area contributed by atoms with Crippen molar-refractivity contribution in [3.8, 4) is 17.2 Å². The van der Waals surface area contributed by atoms with Crippen molar-refractivity contribution in [2.75, 3.05) is 12.4 Å². The Labute approximate surface area is 107 Å². The number of nitro groups is 1. The molecule has 3 rings (SSSR count). The number of pyridine rings is 1. The molecule has 7 nitrogen and oxygen atoms in total. The van der Waals surface area contributed by atoms with Crippen LogP contribution in [0, 0.1) is 10.1 Å². The minimum absolute atomic E-state index is 0.113. The normalized spacial score (nSPS) is 11.6. The summed E-state index contributed by atoms with van der Waals surface area (Å²) in [4.78, 5) is 14.2. The van der Waals surface area contributed by atoms with Gasteiger partial charge >= 0.3 is 0 Å². The molecule has 0 atom stereocenters. The molecular weight excluding hydrogens is 250 g/mol. The molecule has 7 heteroatoms. The highest BCUT2D eigenvalue weighted by molar-refractivity contribution is 5.74. The molecule has 0 aliphatic carbocycles. The second-order valence-corrected chi connectivity index (χ2v) is 3.89. The molecule has 0 fully saturated rings. The number of rotatable bonds is 2. The average molecular weight is 259 g/mol. The van der Waals surface area contributed by atoms with Crippen LogP contribution in [0.1, 0.15) is 0 Å². The fourth-order valence-corrected chi connectivity index (χ4v) is 1.77. The summed E-state index contributed by atoms with van der Waals surface area (Å²) >= 11 is 0. The van der Waals surface area contributed by atoms with Gasteiger partial charge in [-0.25, -0.2) is 4.98 Å². The van der Waals surface area contributed by atoms with Crippen molar-refractivity contribution in [2.24, 2.45) is 0 Å². The SMILES string of the molecule is COc1ccc2c(c1)Nc1ncc([N+](=O)[O-])cc1O2. The van der Waals surface area contributed by atoms with Gasteiger partial charge in [-0.3, -0.25) is 10.1 Å². The quantitative estimate of drug-likeness (QED) is 0.562. The number of nitrogens with one attached hydrogen (secondary N) is 1. The van der Waals surface area contributed by atoms with Gasteiger partial charge in [-0.1, -0.05) is 0 Å². The van der Waals surface area contributed by atoms with Crippen molar-refractivity contribution >= 4 is 17.2 Å². The molecule has 0 spiro atoms. The number of benzene rings is 1. The Morgan fingerprint density at radius 2 is 2.21 bits per heavy atom. The number of ether oxygens (including phenoxy) is 2. The first-order chi connectivity index (χ1) is 9.17. The van der Waals surface area contributed by atoms with Crippen molar-refractivity contribution in [3.05, 3.63) is 40.6 Å². The van der Waals surface area contributed by atoms with Gasteiger partial charge < -0.3 is 14.8 Å². The standard InChI is InChI=1S/C12H9N3O4/c1-18-8-2-3-10-9(5-8)14-12-11(19-10)4-7(6-13-12)15(16)17/h2-6H,1H3,(H,13,14). The lowest BCUT2D eigenvalue weighted by Crippen LogP contribution is -2.05. The lowest BCUT2D eigenvalue weighted by atomic mass is 10.2. The van der Waals surface area contributed by atoms with E-state index in [1.807, 2.05) is 0 Å². The molecule has 19 heavy (non-hydrogen) atoms. The minimum Gasteiger partial charge on any atom is -0.497 e. The van der Waals surface area contributed by atoms with E-state index in [1.54, 1.807) is 25.3 Å². The van der Waals surface area contributed by atoms with E-state index in [0.717, 1.165) is 0 Å². The Morgan fingerprint density at radius 3 is 2.95 bits per heavy atom. The van der Waals surface area contributed by atoms with Gasteiger partial charge in [-0.05, 0) is 12.1 Å². The zero-order valence-corrected chi connectivity index (χ0v) is 9.91. The highest BCUT2D eigenvalue weighted by Crippen LogP contribution is 2.43. The fraction of sp³-hybridized carbons (Fsp3) is 0.0833. The minimum atomic E-state index is -0.514. The van der Waals surface area contributed by atoms with Gasteiger partial charge in [-0.15, -0.1) is 0 Å². The average Bonchev–Trinajstić information content (AvgIpc) is 2.43. The van der Waals surface area contributed by atoms with Crippen LogP contribution in [0.4, 0.5) is 17.2 Å². The van der Waals surface area contributed by atoms with Crippen LogP contribution in [0.5, 0.6) is 17.2 Å². The Morgan fingerprint density at radius 1 is 1.37 bits per heavy atom. The van der Waals surface area contributed by atoms with Crippen molar-refractivity contribution in [2.45, 2.75) is 0 Å². The molecule has 1 aliphatic heterocycles. The van der Waals surface area contributed by atoms with Crippen LogP contribution in [-0.2, 0) is 0 Å². The van der Waals surface area contributed by atoms with E-state index in [0.29, 0.717) is 28.8 Å². The number of anilines is 2. The van der Waals surface area contributed by atoms with Crippen molar-refractivity contribution in [1.82, 2.24) is 4.98 Å². The third-order valence-corrected chi connectivity index (χ3v) is 2.71. The van der Waals surface area contributed by atoms with Crippen LogP contribution in [-0.4, -0.2) is 17.0 Å². The first kappa shape index (κ1) is 11.3. The van der Waals surface area contributed by atoms with Crippen LogP contribution in [0.3, 0.4) is 0 Å². The van der Waals surface area contributed by atoms with Crippen LogP contribution in [0.15, 0.2) is 30.5 Å². The summed E-state index contributed by atoms with van der Waals surface area (Å²) in [6.07, 6.45) is 1.18. The third-order valence-electron chi connectivity index (χ3n) is 2.71. The van der Waals surface area contributed by atoms with Gasteiger partial charge in [0, 0.05) is 6.07 Å². The van der Waals surface area contributed by atoms with E-state index in [2.05, 4.69) is 10.3 Å². The van der Waals surface area contributed by atoms with Crippen LogP contribution < -0.4 is 14.8 Å². The van der Waals surface area contributed by atoms with Crippen molar-refractivity contribution in [1.29, 1.82) is 0 Å². The first-order valence-electron chi connectivity index (χ1n) is 5.45. The lowest BCUT2D eigenvalue weighted by Gasteiger charge is -2.20. The van der Waals surface area contributed by atoms with Crippen molar-refractivity contribution < 1.29 is 14.4 Å². The summed E-state index contributed by atoms with van der Waals surface area (Å²) in [6, 6.07) is 6.57. The summed E-state index contributed by atoms with van der Waals surface area (Å²) in [7, 11) is 1.57. The van der Waals surface area contributed by atoms with Crippen LogP contribution in [0.25, 0.3) is 0 Å². The molecule has 1 aromatic carbocycles. The molecule has 2 heterocycles. The molecule has 0 saturated carbocycles. The van der Waals surface area contributed by atoms with E-state index in [4.69, 9.17) is 9.47 Å². The Kier molecular flexibility index (Phi) is 2.45. The highest BCUT2D eigenvalue weighted by atomic mass is 16.6. The summed E-state index contributed by atoms with van der Waals surface area (Å²) in [6.45, 7) is 0. The predicted octanol–water partition coefficient (Wildman–Crippen LogP) is 2.85. The maximum atomic E-state index is 10.7. The van der Waals surface area contributed by atoms with E-state index >= 15 is 0 Å². The maximum Gasteiger partial charge on any atom is 0.291 e. The summed E-state index contributed by atoms with van der Waals surface area (Å²) in [5.74, 6) is 2.01. The molecule has 1 aromatic heterocycles. The Balaban J connectivity index is 2.01. The fourth-order valence-electron chi connectivity index (χ4n) is 1.77. The zero-order valence-electron chi connectivity index (χ0n) is 9.91. The van der Waals surface area contributed by atoms with E-state index in [-0.39, 0.29) is 5.69 Å². The molecule has 0 amide bonds. The van der Waals surface area contributed by atoms with E-state index in [9.17, 15) is 10.1 Å². The molecule has 1 aliphatic rings. The topological polar surface area (TPSA) is 86.5 Å². The highest BCUT2D eigenvalue weighted by Gasteiger charge is 2.21. The molecule has 2 aromatic rings. The first-order valence-corrected chi connectivity index (χ1v) is 5.45. The number of hydrogen-bond acceptors (Lipinski definition) is 6. The monoisotopic (exact) mass is 259 g/mol. The molecule has 0 saturated heterocycles. The second-order valence-electron chi connectivity index (χ2n) is 3.89. The van der Waals surface area contributed by atoms with Gasteiger partial charge in [0.05, 0.1) is 23.8 Å². The summed E-state index contributed by atoms with van der Waals surface area (Å²) in [5, 5.41) is 13.7. The number of fused-ring (bicyclic) bond motifs is 2. The lowest BCUT2D eigenvalue weighted by molar-refractivity contribution is -0.385. The predicted molar refractivity (Wildman–Crippen MR) is 67.2 cm³/mol. The van der Waals surface area contributed by atoms with Crippen LogP contribution >= 0.6 is 0 Å². The number of methoxy groups -OCH3 is 1.